The molecule has 0 aliphatic rings. The van der Waals surface area contributed by atoms with Gasteiger partial charge in [-0.3, -0.25) is 9.59 Å². The molecule has 3 aromatic rings. The second kappa shape index (κ2) is 13.7. The second-order valence-electron chi connectivity index (χ2n) is 11.3. The van der Waals surface area contributed by atoms with Crippen molar-refractivity contribution in [1.82, 2.24) is 10.2 Å². The van der Waals surface area contributed by atoms with Crippen LogP contribution in [0.4, 0.5) is 10.5 Å². The quantitative estimate of drug-likeness (QED) is 0.292. The molecule has 220 valence electrons. The maximum absolute atomic E-state index is 14.3. The Hall–Kier alpha value is -4.84. The minimum atomic E-state index is -1.18. The Bertz CT molecular complexity index is 1430. The van der Waals surface area contributed by atoms with Crippen LogP contribution in [0.3, 0.4) is 0 Å². The van der Waals surface area contributed by atoms with Gasteiger partial charge in [0.05, 0.1) is 6.07 Å². The van der Waals surface area contributed by atoms with Gasteiger partial charge in [-0.15, -0.1) is 0 Å². The predicted octanol–water partition coefficient (Wildman–Crippen LogP) is 5.49. The van der Waals surface area contributed by atoms with E-state index in [9.17, 15) is 24.8 Å². The number of benzene rings is 3. The largest absolute Gasteiger partial charge is 0.508 e. The van der Waals surface area contributed by atoms with Gasteiger partial charge in [0.1, 0.15) is 30.0 Å². The van der Waals surface area contributed by atoms with E-state index in [0.29, 0.717) is 16.8 Å². The number of nitrogens with one attached hydrogen (secondary N) is 2. The third-order valence-corrected chi connectivity index (χ3v) is 6.57. The van der Waals surface area contributed by atoms with Crippen LogP contribution in [0.2, 0.25) is 0 Å². The number of rotatable bonds is 9. The highest BCUT2D eigenvalue weighted by Crippen LogP contribution is 2.27. The third kappa shape index (κ3) is 8.58. The van der Waals surface area contributed by atoms with Crippen LogP contribution in [0, 0.1) is 32.1 Å². The topological polar surface area (TPSA) is 132 Å². The molecule has 2 unspecified atom stereocenters. The van der Waals surface area contributed by atoms with E-state index in [1.807, 2.05) is 57.2 Å². The van der Waals surface area contributed by atoms with Gasteiger partial charge in [0.15, 0.2) is 0 Å². The van der Waals surface area contributed by atoms with Crippen LogP contribution >= 0.6 is 0 Å². The molecule has 3 aromatic carbocycles. The van der Waals surface area contributed by atoms with Gasteiger partial charge >= 0.3 is 6.09 Å². The van der Waals surface area contributed by atoms with E-state index in [1.54, 1.807) is 45.0 Å². The molecule has 0 spiro atoms. The summed E-state index contributed by atoms with van der Waals surface area (Å²) in [6, 6.07) is 18.7. The van der Waals surface area contributed by atoms with Crippen LogP contribution in [-0.2, 0) is 20.7 Å². The number of phenolic OH excluding ortho intramolecular Hbond substituents is 1. The van der Waals surface area contributed by atoms with Gasteiger partial charge in [-0.1, -0.05) is 60.2 Å². The van der Waals surface area contributed by atoms with Crippen LogP contribution in [-0.4, -0.2) is 46.1 Å². The first kappa shape index (κ1) is 31.7. The molecule has 0 bridgehead atoms. The van der Waals surface area contributed by atoms with E-state index in [0.717, 1.165) is 16.7 Å². The molecule has 0 aliphatic heterocycles. The molecule has 2 atom stereocenters. The summed E-state index contributed by atoms with van der Waals surface area (Å²) in [7, 11) is 0. The third-order valence-electron chi connectivity index (χ3n) is 6.57. The molecule has 3 rings (SSSR count). The minimum Gasteiger partial charge on any atom is -0.508 e. The number of ether oxygens (including phenoxy) is 1. The van der Waals surface area contributed by atoms with Crippen molar-refractivity contribution in [2.45, 2.75) is 65.6 Å². The summed E-state index contributed by atoms with van der Waals surface area (Å²) in [4.78, 5) is 42.3. The predicted molar refractivity (Wildman–Crippen MR) is 161 cm³/mol. The number of nitrogens with zero attached hydrogens (tertiary/aromatic N) is 2. The highest BCUT2D eigenvalue weighted by molar-refractivity contribution is 6.00. The number of amides is 3. The van der Waals surface area contributed by atoms with Crippen molar-refractivity contribution < 1.29 is 24.2 Å². The van der Waals surface area contributed by atoms with E-state index in [2.05, 4.69) is 10.6 Å². The van der Waals surface area contributed by atoms with Gasteiger partial charge in [-0.2, -0.15) is 5.26 Å². The number of anilines is 1. The minimum absolute atomic E-state index is 0.0272. The number of aryl methyl sites for hydroxylation is 3. The molecule has 0 aromatic heterocycles. The average Bonchev–Trinajstić information content (AvgIpc) is 2.91. The molecule has 0 fully saturated rings. The zero-order chi connectivity index (χ0) is 31.0. The standard InChI is InChI=1S/C33H38N4O5/c1-21-10-14-25(15-11-21)29(30(39)36-28-22(2)8-7-9-23(28)3)37(19-18-34)31(40)27(35-32(41)42-33(4,5)6)20-24-12-16-26(38)17-13-24/h7-17,27,29,38H,19-20H2,1-6H3,(H,35,41)(H,36,39). The first-order valence-corrected chi connectivity index (χ1v) is 13.7. The molecule has 0 heterocycles. The first-order chi connectivity index (χ1) is 19.8. The maximum Gasteiger partial charge on any atom is 0.408 e. The van der Waals surface area contributed by atoms with Crippen LogP contribution < -0.4 is 10.6 Å². The summed E-state index contributed by atoms with van der Waals surface area (Å²) in [6.07, 6.45) is -0.789. The molecule has 3 N–H and O–H groups in total. The number of carbonyl (C=O) groups is 3. The summed E-state index contributed by atoms with van der Waals surface area (Å²) in [5, 5.41) is 25.1. The fourth-order valence-electron chi connectivity index (χ4n) is 4.52. The molecule has 3 amide bonds. The normalized spacial score (nSPS) is 12.4. The molecule has 9 nitrogen and oxygen atoms in total. The van der Waals surface area contributed by atoms with Gasteiger partial charge in [0.25, 0.3) is 5.91 Å². The zero-order valence-corrected chi connectivity index (χ0v) is 24.9. The van der Waals surface area contributed by atoms with Crippen LogP contribution in [0.15, 0.2) is 66.7 Å². The average molecular weight is 571 g/mol. The molecule has 0 radical (unpaired) electrons. The Labute approximate surface area is 247 Å². The number of hydrogen-bond acceptors (Lipinski definition) is 6. The van der Waals surface area contributed by atoms with Crippen molar-refractivity contribution in [3.8, 4) is 11.8 Å². The molecular formula is C33H38N4O5. The Morgan fingerprint density at radius 3 is 2.10 bits per heavy atom. The second-order valence-corrected chi connectivity index (χ2v) is 11.3. The van der Waals surface area contributed by atoms with E-state index >= 15 is 0 Å². The Balaban J connectivity index is 2.07. The Morgan fingerprint density at radius 2 is 1.55 bits per heavy atom. The zero-order valence-electron chi connectivity index (χ0n) is 24.9. The number of alkyl carbamates (subject to hydrolysis) is 1. The van der Waals surface area contributed by atoms with Crippen LogP contribution in [0.1, 0.15) is 54.6 Å². The van der Waals surface area contributed by atoms with Crippen molar-refractivity contribution in [2.75, 3.05) is 11.9 Å². The Kier molecular flexibility index (Phi) is 10.3. The monoisotopic (exact) mass is 570 g/mol. The summed E-state index contributed by atoms with van der Waals surface area (Å²) in [5.41, 5.74) is 3.61. The lowest BCUT2D eigenvalue weighted by atomic mass is 9.99. The number of nitriles is 1. The number of para-hydroxylation sites is 1. The van der Waals surface area contributed by atoms with Crippen molar-refractivity contribution >= 4 is 23.6 Å². The van der Waals surface area contributed by atoms with E-state index < -0.39 is 42.1 Å². The lowest BCUT2D eigenvalue weighted by Crippen LogP contribution is -2.53. The summed E-state index contributed by atoms with van der Waals surface area (Å²) >= 11 is 0. The molecule has 9 heteroatoms. The molecular weight excluding hydrogens is 532 g/mol. The van der Waals surface area contributed by atoms with Crippen molar-refractivity contribution in [3.63, 3.8) is 0 Å². The van der Waals surface area contributed by atoms with E-state index in [4.69, 9.17) is 4.74 Å². The van der Waals surface area contributed by atoms with Crippen LogP contribution in [0.5, 0.6) is 5.75 Å². The molecule has 42 heavy (non-hydrogen) atoms. The lowest BCUT2D eigenvalue weighted by Gasteiger charge is -2.33. The molecule has 0 aliphatic carbocycles. The smallest absolute Gasteiger partial charge is 0.408 e. The molecule has 0 saturated heterocycles. The fourth-order valence-corrected chi connectivity index (χ4v) is 4.52. The van der Waals surface area contributed by atoms with Gasteiger partial charge in [0, 0.05) is 12.1 Å². The maximum atomic E-state index is 14.3. The van der Waals surface area contributed by atoms with E-state index in [1.165, 1.54) is 17.0 Å². The van der Waals surface area contributed by atoms with Gasteiger partial charge in [-0.25, -0.2) is 4.79 Å². The van der Waals surface area contributed by atoms with Gasteiger partial charge < -0.3 is 25.4 Å². The van der Waals surface area contributed by atoms with E-state index in [-0.39, 0.29) is 12.2 Å². The summed E-state index contributed by atoms with van der Waals surface area (Å²) in [6.45, 7) is 10.4. The summed E-state index contributed by atoms with van der Waals surface area (Å²) in [5.74, 6) is -1.09. The van der Waals surface area contributed by atoms with Crippen molar-refractivity contribution in [2.24, 2.45) is 0 Å². The number of aromatic hydroxyl groups is 1. The first-order valence-electron chi connectivity index (χ1n) is 13.7. The van der Waals surface area contributed by atoms with Crippen molar-refractivity contribution in [1.29, 1.82) is 5.26 Å². The molecule has 0 saturated carbocycles. The van der Waals surface area contributed by atoms with Gasteiger partial charge in [-0.05, 0) is 75.9 Å². The van der Waals surface area contributed by atoms with Crippen LogP contribution in [0.25, 0.3) is 0 Å². The Morgan fingerprint density at radius 1 is 0.952 bits per heavy atom. The number of phenols is 1. The number of carbonyl (C=O) groups excluding carboxylic acids is 3. The lowest BCUT2D eigenvalue weighted by molar-refractivity contribution is -0.140. The van der Waals surface area contributed by atoms with Gasteiger partial charge in [0.2, 0.25) is 5.91 Å². The number of hydrogen-bond donors (Lipinski definition) is 3. The highest BCUT2D eigenvalue weighted by Gasteiger charge is 2.36. The SMILES string of the molecule is Cc1ccc(C(C(=O)Nc2c(C)cccc2C)N(CC#N)C(=O)C(Cc2ccc(O)cc2)NC(=O)OC(C)(C)C)cc1. The fraction of sp³-hybridized carbons (Fsp3) is 0.333. The van der Waals surface area contributed by atoms with Crippen molar-refractivity contribution in [3.05, 3.63) is 94.5 Å². The highest BCUT2D eigenvalue weighted by atomic mass is 16.6. The summed E-state index contributed by atoms with van der Waals surface area (Å²) < 4.78 is 5.42.